The molecule has 16 nitrogen and oxygen atoms in total. The van der Waals surface area contributed by atoms with E-state index >= 15 is 0 Å². The Morgan fingerprint density at radius 1 is 0.912 bits per heavy atom. The third kappa shape index (κ3) is 12.8. The second-order valence-corrected chi connectivity index (χ2v) is 13.7. The van der Waals surface area contributed by atoms with Gasteiger partial charge in [0.1, 0.15) is 30.0 Å². The van der Waals surface area contributed by atoms with Crippen LogP contribution in [0.3, 0.4) is 0 Å². The van der Waals surface area contributed by atoms with E-state index in [1.165, 1.54) is 4.90 Å². The molecule has 0 bridgehead atoms. The number of likely N-dealkylation sites (tertiary alicyclic amines) is 1. The van der Waals surface area contributed by atoms with Gasteiger partial charge in [0.05, 0.1) is 5.56 Å². The zero-order valence-corrected chi connectivity index (χ0v) is 31.4. The summed E-state index contributed by atoms with van der Waals surface area (Å²) < 4.78 is 39.4. The predicted octanol–water partition coefficient (Wildman–Crippen LogP) is 2.76. The van der Waals surface area contributed by atoms with Crippen LogP contribution in [0.15, 0.2) is 54.7 Å². The van der Waals surface area contributed by atoms with E-state index < -0.39 is 89.7 Å². The number of hydrogen-bond acceptors (Lipinski definition) is 7. The fourth-order valence-corrected chi connectivity index (χ4v) is 6.53. The molecule has 7 amide bonds. The van der Waals surface area contributed by atoms with Crippen LogP contribution in [0.5, 0.6) is 0 Å². The van der Waals surface area contributed by atoms with Crippen LogP contribution in [0.4, 0.5) is 23.7 Å². The van der Waals surface area contributed by atoms with Gasteiger partial charge in [0, 0.05) is 48.7 Å². The zero-order chi connectivity index (χ0) is 41.7. The van der Waals surface area contributed by atoms with Crippen LogP contribution in [-0.2, 0) is 41.4 Å². The van der Waals surface area contributed by atoms with Gasteiger partial charge in [-0.3, -0.25) is 28.8 Å². The highest BCUT2D eigenvalue weighted by molar-refractivity contribution is 6.27. The standard InChI is InChI=1S/C37H44ClF3N8O8/c38-19-30(50)46-27(14-15-31(51)52)35(56)49-17-4-3-9-29(49)34(55)48-28(18-21-20-44-25-7-2-1-6-24(21)25)33(54)47-26(8-5-16-43-36(42)57)32(53)45-23-12-10-22(11-13-23)37(39,40)41/h1-2,6-7,10-13,20,26-29,44H,3-5,8-9,14-19H2,(H,45,53)(H,46,50)(H,47,54)(H,48,55)(H,51,52)(H3,42,43,57). The molecule has 4 unspecified atom stereocenters. The first-order chi connectivity index (χ1) is 27.1. The van der Waals surface area contributed by atoms with Gasteiger partial charge >= 0.3 is 18.2 Å². The maximum absolute atomic E-state index is 14.2. The van der Waals surface area contributed by atoms with Gasteiger partial charge in [0.15, 0.2) is 0 Å². The highest BCUT2D eigenvalue weighted by Crippen LogP contribution is 2.30. The first-order valence-corrected chi connectivity index (χ1v) is 18.7. The van der Waals surface area contributed by atoms with Crippen molar-refractivity contribution in [3.63, 3.8) is 0 Å². The second kappa shape index (κ2) is 20.4. The highest BCUT2D eigenvalue weighted by atomic mass is 35.5. The van der Waals surface area contributed by atoms with Crippen molar-refractivity contribution in [1.82, 2.24) is 31.2 Å². The van der Waals surface area contributed by atoms with Crippen molar-refractivity contribution in [2.24, 2.45) is 5.73 Å². The second-order valence-electron chi connectivity index (χ2n) is 13.4. The lowest BCUT2D eigenvalue weighted by molar-refractivity contribution is -0.146. The lowest BCUT2D eigenvalue weighted by atomic mass is 9.97. The van der Waals surface area contributed by atoms with Crippen molar-refractivity contribution in [2.75, 3.05) is 24.3 Å². The number of aromatic amines is 1. The fourth-order valence-electron chi connectivity index (χ4n) is 6.45. The number of nitrogens with one attached hydrogen (secondary N) is 6. The molecular weight excluding hydrogens is 777 g/mol. The minimum Gasteiger partial charge on any atom is -0.481 e. The van der Waals surface area contributed by atoms with Crippen molar-refractivity contribution in [3.8, 4) is 0 Å². The Hall–Kier alpha value is -5.85. The van der Waals surface area contributed by atoms with Gasteiger partial charge in [-0.1, -0.05) is 18.2 Å². The van der Waals surface area contributed by atoms with Crippen LogP contribution in [0, 0.1) is 0 Å². The van der Waals surface area contributed by atoms with Crippen LogP contribution in [0.25, 0.3) is 10.9 Å². The Kier molecular flexibility index (Phi) is 15.7. The number of fused-ring (bicyclic) bond motifs is 1. The molecule has 0 radical (unpaired) electrons. The largest absolute Gasteiger partial charge is 0.481 e. The van der Waals surface area contributed by atoms with Crippen molar-refractivity contribution in [1.29, 1.82) is 0 Å². The van der Waals surface area contributed by atoms with Crippen LogP contribution in [0.2, 0.25) is 0 Å². The number of carbonyl (C=O) groups is 7. The first-order valence-electron chi connectivity index (χ1n) is 18.1. The summed E-state index contributed by atoms with van der Waals surface area (Å²) in [5.74, 6) is -5.44. The van der Waals surface area contributed by atoms with Gasteiger partial charge in [-0.25, -0.2) is 4.79 Å². The number of hydrogen-bond donors (Lipinski definition) is 8. The molecular formula is C37H44ClF3N8O8. The smallest absolute Gasteiger partial charge is 0.416 e. The first kappa shape index (κ1) is 43.9. The van der Waals surface area contributed by atoms with Crippen LogP contribution in [-0.4, -0.2) is 99.7 Å². The zero-order valence-electron chi connectivity index (χ0n) is 30.6. The maximum atomic E-state index is 14.2. The number of primary amides is 1. The molecule has 1 aromatic heterocycles. The van der Waals surface area contributed by atoms with Crippen LogP contribution in [0.1, 0.15) is 56.1 Å². The molecule has 3 aromatic rings. The molecule has 0 spiro atoms. The van der Waals surface area contributed by atoms with Crippen molar-refractivity contribution >= 4 is 69.7 Å². The Morgan fingerprint density at radius 2 is 1.63 bits per heavy atom. The minimum atomic E-state index is -4.61. The van der Waals surface area contributed by atoms with E-state index in [0.717, 1.165) is 35.2 Å². The van der Waals surface area contributed by atoms with E-state index in [1.807, 2.05) is 6.07 Å². The number of rotatable bonds is 18. The number of carboxylic acids is 1. The number of aliphatic carboxylic acids is 1. The molecule has 9 N–H and O–H groups in total. The Bertz CT molecular complexity index is 1930. The fraction of sp³-hybridized carbons (Fsp3) is 0.432. The number of carboxylic acid groups (broad SMARTS) is 1. The molecule has 20 heteroatoms. The summed E-state index contributed by atoms with van der Waals surface area (Å²) in [7, 11) is 0. The summed E-state index contributed by atoms with van der Waals surface area (Å²) in [6.07, 6.45) is -2.49. The van der Waals surface area contributed by atoms with Crippen molar-refractivity contribution < 1.29 is 51.8 Å². The quantitative estimate of drug-likeness (QED) is 0.0699. The van der Waals surface area contributed by atoms with E-state index in [1.54, 1.807) is 24.4 Å². The molecule has 308 valence electrons. The number of carbonyl (C=O) groups excluding carboxylic acids is 6. The molecule has 0 aliphatic carbocycles. The summed E-state index contributed by atoms with van der Waals surface area (Å²) in [6.45, 7) is 0.122. The average molecular weight is 821 g/mol. The van der Waals surface area contributed by atoms with E-state index in [4.69, 9.17) is 17.3 Å². The number of para-hydroxylation sites is 1. The third-order valence-electron chi connectivity index (χ3n) is 9.30. The number of nitrogens with two attached hydrogens (primary N) is 1. The van der Waals surface area contributed by atoms with E-state index in [0.29, 0.717) is 18.4 Å². The molecule has 1 aliphatic rings. The summed E-state index contributed by atoms with van der Waals surface area (Å²) in [4.78, 5) is 94.7. The molecule has 0 saturated carbocycles. The topological polar surface area (TPSA) is 245 Å². The summed E-state index contributed by atoms with van der Waals surface area (Å²) in [6, 6.07) is 4.97. The number of benzene rings is 2. The van der Waals surface area contributed by atoms with Gasteiger partial charge in [0.25, 0.3) is 0 Å². The number of urea groups is 1. The molecule has 57 heavy (non-hydrogen) atoms. The summed E-state index contributed by atoms with van der Waals surface area (Å²) in [5, 5.41) is 22.7. The molecule has 1 aliphatic heterocycles. The van der Waals surface area contributed by atoms with Gasteiger partial charge in [0.2, 0.25) is 29.5 Å². The highest BCUT2D eigenvalue weighted by Gasteiger charge is 2.38. The monoisotopic (exact) mass is 820 g/mol. The number of alkyl halides is 4. The average Bonchev–Trinajstić information content (AvgIpc) is 3.59. The van der Waals surface area contributed by atoms with Gasteiger partial charge < -0.3 is 47.3 Å². The number of piperidine rings is 1. The Labute approximate surface area is 329 Å². The predicted molar refractivity (Wildman–Crippen MR) is 202 cm³/mol. The van der Waals surface area contributed by atoms with Gasteiger partial charge in [-0.15, -0.1) is 11.6 Å². The normalized spacial score (nSPS) is 15.8. The van der Waals surface area contributed by atoms with E-state index in [-0.39, 0.29) is 50.9 Å². The number of aromatic nitrogens is 1. The SMILES string of the molecule is NC(=O)NCCCC(NC(=O)C(Cc1c[nH]c2ccccc12)NC(=O)C1CCCCN1C(=O)C(CCC(=O)O)NC(=O)CCl)C(=O)Nc1ccc(C(F)(F)F)cc1. The number of halogens is 4. The summed E-state index contributed by atoms with van der Waals surface area (Å²) in [5.41, 5.74) is 5.59. The maximum Gasteiger partial charge on any atom is 0.416 e. The van der Waals surface area contributed by atoms with E-state index in [9.17, 15) is 51.8 Å². The van der Waals surface area contributed by atoms with E-state index in [2.05, 4.69) is 31.6 Å². The Balaban J connectivity index is 1.61. The molecule has 4 rings (SSSR count). The molecule has 2 heterocycles. The lowest BCUT2D eigenvalue weighted by Crippen LogP contribution is -2.60. The lowest BCUT2D eigenvalue weighted by Gasteiger charge is -2.37. The Morgan fingerprint density at radius 3 is 2.30 bits per heavy atom. The number of anilines is 1. The van der Waals surface area contributed by atoms with Gasteiger partial charge in [-0.05, 0) is 74.4 Å². The molecule has 1 saturated heterocycles. The molecule has 2 aromatic carbocycles. The number of H-pyrrole nitrogens is 1. The number of amides is 7. The third-order valence-corrected chi connectivity index (χ3v) is 9.55. The van der Waals surface area contributed by atoms with Crippen LogP contribution >= 0.6 is 11.6 Å². The molecule has 4 atom stereocenters. The van der Waals surface area contributed by atoms with Crippen molar-refractivity contribution in [2.45, 2.75) is 81.7 Å². The van der Waals surface area contributed by atoms with Crippen LogP contribution < -0.4 is 32.3 Å². The van der Waals surface area contributed by atoms with Crippen molar-refractivity contribution in [3.05, 3.63) is 65.9 Å². The van der Waals surface area contributed by atoms with Gasteiger partial charge in [-0.2, -0.15) is 13.2 Å². The molecule has 1 fully saturated rings. The minimum absolute atomic E-state index is 0.0112. The number of nitrogens with zero attached hydrogens (tertiary/aromatic N) is 1. The summed E-state index contributed by atoms with van der Waals surface area (Å²) >= 11 is 5.63.